The molecule has 0 saturated carbocycles. The number of benzene rings is 2. The molecule has 160 valence electrons. The molecule has 2 N–H and O–H groups in total. The lowest BCUT2D eigenvalue weighted by Gasteiger charge is -2.04. The maximum absolute atomic E-state index is 12.1. The number of carbonyl (C=O) groups is 1. The van der Waals surface area contributed by atoms with Gasteiger partial charge in [0, 0.05) is 33.2 Å². The van der Waals surface area contributed by atoms with E-state index in [1.54, 1.807) is 11.6 Å². The number of hydrogen-bond donors (Lipinski definition) is 2. The number of phenolic OH excluding ortho intramolecular Hbond substituents is 1. The molecule has 2 aromatic carbocycles. The minimum atomic E-state index is -0.712. The average molecular weight is 570 g/mol. The summed E-state index contributed by atoms with van der Waals surface area (Å²) in [5, 5.41) is 33.5. The molecule has 31 heavy (non-hydrogen) atoms. The molecule has 1 aromatic heterocycles. The number of aromatic hydroxyl groups is 1. The number of hydrazone groups is 1. The average Bonchev–Trinajstić information content (AvgIpc) is 3.09. The highest BCUT2D eigenvalue weighted by atomic mass is 79.9. The number of carbonyl (C=O) groups excluding carboxylic acids is 1. The predicted octanol–water partition coefficient (Wildman–Crippen LogP) is 3.86. The molecule has 0 bridgehead atoms. The van der Waals surface area contributed by atoms with Crippen molar-refractivity contribution < 1.29 is 14.8 Å². The highest BCUT2D eigenvalue weighted by Crippen LogP contribution is 2.32. The van der Waals surface area contributed by atoms with Gasteiger partial charge in [0.25, 0.3) is 5.91 Å². The van der Waals surface area contributed by atoms with Gasteiger partial charge in [-0.05, 0) is 18.2 Å². The van der Waals surface area contributed by atoms with Gasteiger partial charge >= 0.3 is 5.69 Å². The van der Waals surface area contributed by atoms with Crippen LogP contribution >= 0.6 is 43.6 Å². The highest BCUT2D eigenvalue weighted by molar-refractivity contribution is 9.10. The van der Waals surface area contributed by atoms with Gasteiger partial charge in [-0.25, -0.2) is 5.43 Å². The second-order valence-electron chi connectivity index (χ2n) is 6.08. The number of amides is 1. The Morgan fingerprint density at radius 3 is 2.81 bits per heavy atom. The minimum Gasteiger partial charge on any atom is -0.502 e. The van der Waals surface area contributed by atoms with E-state index in [9.17, 15) is 20.0 Å². The third kappa shape index (κ3) is 5.68. The van der Waals surface area contributed by atoms with Crippen molar-refractivity contribution in [2.45, 2.75) is 5.16 Å². The molecule has 0 radical (unpaired) electrons. The van der Waals surface area contributed by atoms with Crippen molar-refractivity contribution in [1.82, 2.24) is 20.2 Å². The van der Waals surface area contributed by atoms with Crippen LogP contribution in [0.15, 0.2) is 55.6 Å². The van der Waals surface area contributed by atoms with E-state index in [-0.39, 0.29) is 11.3 Å². The Bertz CT molecular complexity index is 1180. The number of nitrogens with zero attached hydrogens (tertiary/aromatic N) is 5. The van der Waals surface area contributed by atoms with Crippen LogP contribution in [0.3, 0.4) is 0 Å². The standard InChI is InChI=1S/C18H14Br2N6O4S/c1-25-17(10-3-2-4-12(19)5-10)23-24-18(25)31-9-15(27)22-21-8-11-6-13(20)7-14(16(11)28)26(29)30/h2-8,28H,9H2,1H3,(H,22,27). The Morgan fingerprint density at radius 1 is 1.32 bits per heavy atom. The zero-order valence-electron chi connectivity index (χ0n) is 15.8. The third-order valence-electron chi connectivity index (χ3n) is 3.92. The van der Waals surface area contributed by atoms with E-state index in [2.05, 4.69) is 52.6 Å². The van der Waals surface area contributed by atoms with Crippen molar-refractivity contribution in [3.8, 4) is 17.1 Å². The van der Waals surface area contributed by atoms with Crippen LogP contribution in [-0.2, 0) is 11.8 Å². The largest absolute Gasteiger partial charge is 0.502 e. The second kappa shape index (κ2) is 10.0. The summed E-state index contributed by atoms with van der Waals surface area (Å²) >= 11 is 7.73. The molecule has 0 atom stereocenters. The van der Waals surface area contributed by atoms with Crippen LogP contribution in [0.2, 0.25) is 0 Å². The van der Waals surface area contributed by atoms with E-state index in [1.165, 1.54) is 23.9 Å². The van der Waals surface area contributed by atoms with E-state index in [4.69, 9.17) is 0 Å². The number of phenols is 1. The summed E-state index contributed by atoms with van der Waals surface area (Å²) in [7, 11) is 1.80. The summed E-state index contributed by atoms with van der Waals surface area (Å²) in [6.45, 7) is 0. The number of nitro groups is 1. The number of nitro benzene ring substituents is 1. The van der Waals surface area contributed by atoms with Crippen molar-refractivity contribution in [2.24, 2.45) is 12.1 Å². The van der Waals surface area contributed by atoms with Gasteiger partial charge in [-0.15, -0.1) is 10.2 Å². The second-order valence-corrected chi connectivity index (χ2v) is 8.85. The van der Waals surface area contributed by atoms with E-state index < -0.39 is 22.3 Å². The topological polar surface area (TPSA) is 136 Å². The summed E-state index contributed by atoms with van der Waals surface area (Å²) in [6, 6.07) is 10.2. The smallest absolute Gasteiger partial charge is 0.312 e. The normalized spacial score (nSPS) is 11.1. The third-order valence-corrected chi connectivity index (χ3v) is 5.90. The van der Waals surface area contributed by atoms with Gasteiger partial charge in [0.05, 0.1) is 16.9 Å². The summed E-state index contributed by atoms with van der Waals surface area (Å²) in [5.74, 6) is -0.280. The molecule has 0 saturated heterocycles. The van der Waals surface area contributed by atoms with Crippen LogP contribution in [0, 0.1) is 10.1 Å². The Balaban J connectivity index is 1.61. The van der Waals surface area contributed by atoms with Crippen LogP contribution < -0.4 is 5.43 Å². The molecule has 0 aliphatic carbocycles. The maximum atomic E-state index is 12.1. The zero-order chi connectivity index (χ0) is 22.5. The fourth-order valence-electron chi connectivity index (χ4n) is 2.50. The quantitative estimate of drug-likeness (QED) is 0.191. The number of thioether (sulfide) groups is 1. The zero-order valence-corrected chi connectivity index (χ0v) is 19.8. The summed E-state index contributed by atoms with van der Waals surface area (Å²) in [4.78, 5) is 22.3. The van der Waals surface area contributed by atoms with Crippen LogP contribution in [-0.4, -0.2) is 42.7 Å². The summed E-state index contributed by atoms with van der Waals surface area (Å²) in [5.41, 5.74) is 2.81. The molecule has 0 aliphatic heterocycles. The number of rotatable bonds is 7. The molecular weight excluding hydrogens is 556 g/mol. The van der Waals surface area contributed by atoms with E-state index in [0.29, 0.717) is 15.5 Å². The number of halogens is 2. The fraction of sp³-hybridized carbons (Fsp3) is 0.111. The van der Waals surface area contributed by atoms with Crippen LogP contribution in [0.25, 0.3) is 11.4 Å². The molecule has 1 heterocycles. The van der Waals surface area contributed by atoms with E-state index in [1.807, 2.05) is 24.3 Å². The Morgan fingerprint density at radius 2 is 2.10 bits per heavy atom. The molecular formula is C18H14Br2N6O4S. The first-order valence-electron chi connectivity index (χ1n) is 8.53. The minimum absolute atomic E-state index is 0.0202. The SMILES string of the molecule is Cn1c(SCC(=O)NN=Cc2cc(Br)cc([N+](=O)[O-])c2O)nnc1-c1cccc(Br)c1. The lowest BCUT2D eigenvalue weighted by Crippen LogP contribution is -2.20. The van der Waals surface area contributed by atoms with Gasteiger partial charge in [-0.1, -0.05) is 55.8 Å². The molecule has 3 rings (SSSR count). The van der Waals surface area contributed by atoms with E-state index in [0.717, 1.165) is 16.3 Å². The molecule has 0 spiro atoms. The molecule has 3 aromatic rings. The van der Waals surface area contributed by atoms with Gasteiger partial charge in [0.1, 0.15) is 0 Å². The predicted molar refractivity (Wildman–Crippen MR) is 123 cm³/mol. The maximum Gasteiger partial charge on any atom is 0.312 e. The Labute approximate surface area is 197 Å². The van der Waals surface area contributed by atoms with Crippen LogP contribution in [0.5, 0.6) is 5.75 Å². The van der Waals surface area contributed by atoms with E-state index >= 15 is 0 Å². The van der Waals surface area contributed by atoms with Crippen molar-refractivity contribution in [3.05, 3.63) is 61.0 Å². The van der Waals surface area contributed by atoms with Crippen molar-refractivity contribution >= 4 is 61.4 Å². The van der Waals surface area contributed by atoms with Crippen molar-refractivity contribution in [3.63, 3.8) is 0 Å². The number of hydrogen-bond acceptors (Lipinski definition) is 8. The first kappa shape index (κ1) is 22.9. The molecule has 0 aliphatic rings. The molecule has 0 fully saturated rings. The molecule has 13 heteroatoms. The highest BCUT2D eigenvalue weighted by Gasteiger charge is 2.18. The molecule has 1 amide bonds. The fourth-order valence-corrected chi connectivity index (χ4v) is 4.06. The van der Waals surface area contributed by atoms with Gasteiger partial charge in [-0.3, -0.25) is 14.9 Å². The Kier molecular flexibility index (Phi) is 7.41. The van der Waals surface area contributed by atoms with Gasteiger partial charge in [0.15, 0.2) is 11.0 Å². The summed E-state index contributed by atoms with van der Waals surface area (Å²) < 4.78 is 3.09. The molecule has 10 nitrogen and oxygen atoms in total. The van der Waals surface area contributed by atoms with Crippen molar-refractivity contribution in [1.29, 1.82) is 0 Å². The lowest BCUT2D eigenvalue weighted by atomic mass is 10.2. The lowest BCUT2D eigenvalue weighted by molar-refractivity contribution is -0.385. The Hall–Kier alpha value is -2.77. The van der Waals surface area contributed by atoms with Gasteiger partial charge in [-0.2, -0.15) is 5.10 Å². The number of nitrogens with one attached hydrogen (secondary N) is 1. The van der Waals surface area contributed by atoms with Gasteiger partial charge < -0.3 is 9.67 Å². The van der Waals surface area contributed by atoms with Crippen LogP contribution in [0.4, 0.5) is 5.69 Å². The number of aromatic nitrogens is 3. The first-order valence-corrected chi connectivity index (χ1v) is 11.1. The monoisotopic (exact) mass is 568 g/mol. The first-order chi connectivity index (χ1) is 14.8. The van der Waals surface area contributed by atoms with Gasteiger partial charge in [0.2, 0.25) is 5.75 Å². The summed E-state index contributed by atoms with van der Waals surface area (Å²) in [6.07, 6.45) is 1.13. The van der Waals surface area contributed by atoms with Crippen LogP contribution in [0.1, 0.15) is 5.56 Å². The molecule has 0 unspecified atom stereocenters. The van der Waals surface area contributed by atoms with Crippen molar-refractivity contribution in [2.75, 3.05) is 5.75 Å².